The van der Waals surface area contributed by atoms with Gasteiger partial charge in [-0.05, 0) is 6.07 Å². The summed E-state index contributed by atoms with van der Waals surface area (Å²) >= 11 is 1.44. The first-order valence-electron chi connectivity index (χ1n) is 5.05. The molecule has 2 rings (SSSR count). The van der Waals surface area contributed by atoms with Crippen molar-refractivity contribution >= 4 is 23.1 Å². The van der Waals surface area contributed by atoms with Gasteiger partial charge in [-0.15, -0.1) is 11.3 Å². The Morgan fingerprint density at radius 3 is 2.94 bits per heavy atom. The predicted molar refractivity (Wildman–Crippen MR) is 65.4 cm³/mol. The van der Waals surface area contributed by atoms with E-state index in [9.17, 15) is 9.18 Å². The molecule has 0 aliphatic carbocycles. The standard InChI is InChI=1S/C11H10FN3O2S/c1-15(4-7-5-18-6-14-7)10-9(12)8(11(16)17)2-3-13-10/h2-3,5-6H,4H2,1H3,(H,16,17). The van der Waals surface area contributed by atoms with Crippen molar-refractivity contribution in [2.75, 3.05) is 11.9 Å². The lowest BCUT2D eigenvalue weighted by Crippen LogP contribution is -2.20. The van der Waals surface area contributed by atoms with Crippen molar-refractivity contribution in [1.82, 2.24) is 9.97 Å². The zero-order valence-corrected chi connectivity index (χ0v) is 10.3. The molecule has 0 aliphatic heterocycles. The first-order chi connectivity index (χ1) is 8.59. The Labute approximate surface area is 107 Å². The average Bonchev–Trinajstić information content (AvgIpc) is 2.81. The van der Waals surface area contributed by atoms with Gasteiger partial charge in [0.1, 0.15) is 5.56 Å². The number of carbonyl (C=O) groups is 1. The minimum absolute atomic E-state index is 0.00269. The van der Waals surface area contributed by atoms with Crippen molar-refractivity contribution in [1.29, 1.82) is 0 Å². The highest BCUT2D eigenvalue weighted by Gasteiger charge is 2.18. The molecule has 0 amide bonds. The summed E-state index contributed by atoms with van der Waals surface area (Å²) in [6.07, 6.45) is 1.28. The topological polar surface area (TPSA) is 66.3 Å². The number of carboxylic acids is 1. The molecule has 18 heavy (non-hydrogen) atoms. The van der Waals surface area contributed by atoms with E-state index in [1.165, 1.54) is 22.4 Å². The number of aromatic nitrogens is 2. The van der Waals surface area contributed by atoms with E-state index in [1.807, 2.05) is 5.38 Å². The maximum absolute atomic E-state index is 13.9. The van der Waals surface area contributed by atoms with E-state index >= 15 is 0 Å². The number of carboxylic acid groups (broad SMARTS) is 1. The van der Waals surface area contributed by atoms with E-state index in [1.54, 1.807) is 12.6 Å². The van der Waals surface area contributed by atoms with Gasteiger partial charge in [-0.25, -0.2) is 19.2 Å². The van der Waals surface area contributed by atoms with Crippen molar-refractivity contribution in [3.8, 4) is 0 Å². The third kappa shape index (κ3) is 2.45. The Balaban J connectivity index is 2.27. The minimum Gasteiger partial charge on any atom is -0.478 e. The minimum atomic E-state index is -1.31. The van der Waals surface area contributed by atoms with Gasteiger partial charge < -0.3 is 10.0 Å². The number of halogens is 1. The number of rotatable bonds is 4. The summed E-state index contributed by atoms with van der Waals surface area (Å²) < 4.78 is 13.9. The Morgan fingerprint density at radius 1 is 1.56 bits per heavy atom. The average molecular weight is 267 g/mol. The molecule has 7 heteroatoms. The lowest BCUT2D eigenvalue weighted by molar-refractivity contribution is 0.0692. The van der Waals surface area contributed by atoms with Crippen LogP contribution in [0.15, 0.2) is 23.2 Å². The Bertz CT molecular complexity index is 559. The molecule has 2 aromatic rings. The molecule has 0 spiro atoms. The van der Waals surface area contributed by atoms with E-state index in [0.717, 1.165) is 11.8 Å². The largest absolute Gasteiger partial charge is 0.478 e. The summed E-state index contributed by atoms with van der Waals surface area (Å²) in [4.78, 5) is 20.3. The van der Waals surface area contributed by atoms with Gasteiger partial charge in [0.05, 0.1) is 17.7 Å². The molecule has 94 valence electrons. The van der Waals surface area contributed by atoms with E-state index in [4.69, 9.17) is 5.11 Å². The number of pyridine rings is 1. The van der Waals surface area contributed by atoms with Crippen LogP contribution in [0.2, 0.25) is 0 Å². The van der Waals surface area contributed by atoms with Crippen molar-refractivity contribution in [2.24, 2.45) is 0 Å². The number of anilines is 1. The molecule has 0 radical (unpaired) electrons. The van der Waals surface area contributed by atoms with E-state index in [-0.39, 0.29) is 11.4 Å². The predicted octanol–water partition coefficient (Wildman–Crippen LogP) is 2.01. The van der Waals surface area contributed by atoms with Crippen molar-refractivity contribution < 1.29 is 14.3 Å². The first-order valence-corrected chi connectivity index (χ1v) is 6.00. The number of nitrogens with zero attached hydrogens (tertiary/aromatic N) is 3. The van der Waals surface area contributed by atoms with Gasteiger partial charge in [0.2, 0.25) is 0 Å². The van der Waals surface area contributed by atoms with E-state index in [2.05, 4.69) is 9.97 Å². The maximum atomic E-state index is 13.9. The summed E-state index contributed by atoms with van der Waals surface area (Å²) in [5.41, 5.74) is 2.08. The van der Waals surface area contributed by atoms with Gasteiger partial charge in [0.25, 0.3) is 0 Å². The van der Waals surface area contributed by atoms with Crippen molar-refractivity contribution in [2.45, 2.75) is 6.54 Å². The molecular weight excluding hydrogens is 257 g/mol. The highest BCUT2D eigenvalue weighted by molar-refractivity contribution is 7.07. The molecule has 0 saturated carbocycles. The highest BCUT2D eigenvalue weighted by Crippen LogP contribution is 2.20. The maximum Gasteiger partial charge on any atom is 0.338 e. The van der Waals surface area contributed by atoms with Crippen molar-refractivity contribution in [3.05, 3.63) is 40.2 Å². The van der Waals surface area contributed by atoms with Crippen LogP contribution in [0.4, 0.5) is 10.2 Å². The number of thiazole rings is 1. The Hall–Kier alpha value is -2.02. The third-order valence-electron chi connectivity index (χ3n) is 2.35. The lowest BCUT2D eigenvalue weighted by atomic mass is 10.2. The normalized spacial score (nSPS) is 10.3. The summed E-state index contributed by atoms with van der Waals surface area (Å²) in [6.45, 7) is 0.372. The zero-order valence-electron chi connectivity index (χ0n) is 9.50. The van der Waals surface area contributed by atoms with Gasteiger partial charge in [-0.1, -0.05) is 0 Å². The van der Waals surface area contributed by atoms with Gasteiger partial charge in [0.15, 0.2) is 11.6 Å². The van der Waals surface area contributed by atoms with Crippen LogP contribution in [0.5, 0.6) is 0 Å². The molecule has 0 aromatic carbocycles. The van der Waals surface area contributed by atoms with Crippen LogP contribution in [0.25, 0.3) is 0 Å². The zero-order chi connectivity index (χ0) is 13.1. The smallest absolute Gasteiger partial charge is 0.338 e. The number of hydrogen-bond donors (Lipinski definition) is 1. The second-order valence-electron chi connectivity index (χ2n) is 3.64. The lowest BCUT2D eigenvalue weighted by Gasteiger charge is -2.17. The fourth-order valence-corrected chi connectivity index (χ4v) is 2.05. The fraction of sp³-hybridized carbons (Fsp3) is 0.182. The monoisotopic (exact) mass is 267 g/mol. The molecule has 1 N–H and O–H groups in total. The Morgan fingerprint density at radius 2 is 2.33 bits per heavy atom. The van der Waals surface area contributed by atoms with Crippen LogP contribution < -0.4 is 4.90 Å². The molecule has 2 aromatic heterocycles. The summed E-state index contributed by atoms with van der Waals surface area (Å²) in [6, 6.07) is 1.14. The molecule has 0 bridgehead atoms. The molecule has 5 nitrogen and oxygen atoms in total. The molecule has 0 atom stereocenters. The van der Waals surface area contributed by atoms with Crippen LogP contribution in [-0.2, 0) is 6.54 Å². The molecular formula is C11H10FN3O2S. The van der Waals surface area contributed by atoms with Crippen LogP contribution >= 0.6 is 11.3 Å². The highest BCUT2D eigenvalue weighted by atomic mass is 32.1. The van der Waals surface area contributed by atoms with Crippen LogP contribution in [0.1, 0.15) is 16.1 Å². The Kier molecular flexibility index (Phi) is 3.52. The summed E-state index contributed by atoms with van der Waals surface area (Å²) in [7, 11) is 1.64. The van der Waals surface area contributed by atoms with Crippen molar-refractivity contribution in [3.63, 3.8) is 0 Å². The molecule has 2 heterocycles. The SMILES string of the molecule is CN(Cc1cscn1)c1nccc(C(=O)O)c1F. The molecule has 0 aliphatic rings. The van der Waals surface area contributed by atoms with E-state index in [0.29, 0.717) is 6.54 Å². The second kappa shape index (κ2) is 5.09. The van der Waals surface area contributed by atoms with Crippen LogP contribution in [-0.4, -0.2) is 28.1 Å². The number of hydrogen-bond acceptors (Lipinski definition) is 5. The molecule has 0 saturated heterocycles. The third-order valence-corrected chi connectivity index (χ3v) is 2.98. The van der Waals surface area contributed by atoms with Gasteiger partial charge in [-0.2, -0.15) is 0 Å². The van der Waals surface area contributed by atoms with Crippen LogP contribution in [0.3, 0.4) is 0 Å². The number of aromatic carboxylic acids is 1. The van der Waals surface area contributed by atoms with Gasteiger partial charge in [-0.3, -0.25) is 0 Å². The quantitative estimate of drug-likeness (QED) is 0.918. The summed E-state index contributed by atoms with van der Waals surface area (Å²) in [5.74, 6) is -2.14. The summed E-state index contributed by atoms with van der Waals surface area (Å²) in [5, 5.41) is 10.7. The second-order valence-corrected chi connectivity index (χ2v) is 4.36. The van der Waals surface area contributed by atoms with Gasteiger partial charge in [0, 0.05) is 18.6 Å². The van der Waals surface area contributed by atoms with Gasteiger partial charge >= 0.3 is 5.97 Å². The van der Waals surface area contributed by atoms with Crippen LogP contribution in [0, 0.1) is 5.82 Å². The van der Waals surface area contributed by atoms with E-state index < -0.39 is 11.8 Å². The first kappa shape index (κ1) is 12.4. The molecule has 0 unspecified atom stereocenters. The fourth-order valence-electron chi connectivity index (χ4n) is 1.50. The molecule has 0 fully saturated rings.